The lowest BCUT2D eigenvalue weighted by Gasteiger charge is -2.28. The quantitative estimate of drug-likeness (QED) is 0.620. The predicted octanol–water partition coefficient (Wildman–Crippen LogP) is 3.47. The van der Waals surface area contributed by atoms with Crippen molar-refractivity contribution < 1.29 is 19.0 Å². The minimum Gasteiger partial charge on any atom is -0.490 e. The molecule has 1 aliphatic rings. The number of nitrogens with one attached hydrogen (secondary N) is 1. The SMILES string of the molecule is CCOc1cc(C2C(C(=O)OC(C)C)=C(C)Nc3nnnn32)cc(Br)c1OCC. The number of fused-ring (bicyclic) bond motifs is 1. The molecule has 3 rings (SSSR count). The first-order valence-corrected chi connectivity index (χ1v) is 10.2. The third kappa shape index (κ3) is 4.21. The van der Waals surface area contributed by atoms with Crippen LogP contribution in [-0.2, 0) is 9.53 Å². The van der Waals surface area contributed by atoms with Crippen molar-refractivity contribution in [1.29, 1.82) is 0 Å². The van der Waals surface area contributed by atoms with Crippen LogP contribution in [0.15, 0.2) is 27.9 Å². The van der Waals surface area contributed by atoms with Crippen LogP contribution in [-0.4, -0.2) is 45.5 Å². The van der Waals surface area contributed by atoms with Crippen LogP contribution in [0.4, 0.5) is 5.95 Å². The number of carbonyl (C=O) groups is 1. The van der Waals surface area contributed by atoms with Crippen LogP contribution < -0.4 is 14.8 Å². The number of nitrogens with zero attached hydrogens (tertiary/aromatic N) is 4. The molecule has 10 heteroatoms. The van der Waals surface area contributed by atoms with Gasteiger partial charge in [-0.15, -0.1) is 0 Å². The van der Waals surface area contributed by atoms with Gasteiger partial charge in [0.15, 0.2) is 11.5 Å². The Hall–Kier alpha value is -2.62. The molecule has 1 atom stereocenters. The highest BCUT2D eigenvalue weighted by molar-refractivity contribution is 9.10. The number of anilines is 1. The molecular weight excluding hydrogens is 442 g/mol. The van der Waals surface area contributed by atoms with Crippen molar-refractivity contribution in [2.45, 2.75) is 46.8 Å². The molecule has 0 saturated heterocycles. The normalized spacial score (nSPS) is 15.8. The van der Waals surface area contributed by atoms with Crippen molar-refractivity contribution >= 4 is 27.8 Å². The van der Waals surface area contributed by atoms with Crippen molar-refractivity contribution in [3.8, 4) is 11.5 Å². The summed E-state index contributed by atoms with van der Waals surface area (Å²) in [7, 11) is 0. The molecule has 0 fully saturated rings. The molecule has 1 aromatic carbocycles. The standard InChI is InChI=1S/C19H24BrN5O4/c1-6-27-14-9-12(8-13(20)17(14)28-7-2)16-15(18(26)29-10(3)4)11(5)21-19-22-23-24-25(16)19/h8-10,16H,6-7H2,1-5H3,(H,21,22,24). The number of esters is 1. The van der Waals surface area contributed by atoms with Gasteiger partial charge in [-0.1, -0.05) is 5.10 Å². The lowest BCUT2D eigenvalue weighted by molar-refractivity contribution is -0.143. The van der Waals surface area contributed by atoms with Gasteiger partial charge < -0.3 is 19.5 Å². The van der Waals surface area contributed by atoms with Crippen LogP contribution in [0.1, 0.15) is 46.2 Å². The summed E-state index contributed by atoms with van der Waals surface area (Å²) < 4.78 is 19.3. The third-order valence-electron chi connectivity index (χ3n) is 4.21. The molecule has 2 aromatic rings. The second-order valence-electron chi connectivity index (χ2n) is 6.66. The topological polar surface area (TPSA) is 100 Å². The number of tetrazole rings is 1. The van der Waals surface area contributed by atoms with Crippen LogP contribution in [0.25, 0.3) is 0 Å². The van der Waals surface area contributed by atoms with Gasteiger partial charge in [0.05, 0.1) is 29.4 Å². The van der Waals surface area contributed by atoms with Crippen molar-refractivity contribution in [3.05, 3.63) is 33.4 Å². The second-order valence-corrected chi connectivity index (χ2v) is 7.52. The average Bonchev–Trinajstić information content (AvgIpc) is 3.10. The van der Waals surface area contributed by atoms with Crippen molar-refractivity contribution in [2.24, 2.45) is 0 Å². The van der Waals surface area contributed by atoms with Gasteiger partial charge in [-0.25, -0.2) is 4.79 Å². The Bertz CT molecular complexity index is 941. The Labute approximate surface area is 177 Å². The smallest absolute Gasteiger partial charge is 0.338 e. The molecular formula is C19H24BrN5O4. The van der Waals surface area contributed by atoms with E-state index < -0.39 is 12.0 Å². The summed E-state index contributed by atoms with van der Waals surface area (Å²) in [5.41, 5.74) is 1.82. The molecule has 1 aromatic heterocycles. The van der Waals surface area contributed by atoms with E-state index in [1.807, 2.05) is 39.8 Å². The molecule has 156 valence electrons. The number of benzene rings is 1. The van der Waals surface area contributed by atoms with E-state index >= 15 is 0 Å². The highest BCUT2D eigenvalue weighted by Gasteiger charge is 2.36. The summed E-state index contributed by atoms with van der Waals surface area (Å²) in [4.78, 5) is 12.9. The van der Waals surface area contributed by atoms with Crippen molar-refractivity contribution in [1.82, 2.24) is 20.2 Å². The number of allylic oxidation sites excluding steroid dienone is 1. The highest BCUT2D eigenvalue weighted by atomic mass is 79.9. The maximum atomic E-state index is 12.9. The number of hydrogen-bond donors (Lipinski definition) is 1. The van der Waals surface area contributed by atoms with E-state index in [0.717, 1.165) is 5.56 Å². The number of halogens is 1. The first-order valence-electron chi connectivity index (χ1n) is 9.42. The fraction of sp³-hybridized carbons (Fsp3) is 0.474. The summed E-state index contributed by atoms with van der Waals surface area (Å²) in [6.45, 7) is 10.2. The average molecular weight is 466 g/mol. The van der Waals surface area contributed by atoms with Crippen LogP contribution >= 0.6 is 15.9 Å². The molecule has 2 heterocycles. The first-order chi connectivity index (χ1) is 13.9. The van der Waals surface area contributed by atoms with Gasteiger partial charge in [0.25, 0.3) is 0 Å². The Balaban J connectivity index is 2.16. The molecule has 0 saturated carbocycles. The molecule has 1 unspecified atom stereocenters. The molecule has 0 aliphatic carbocycles. The number of rotatable bonds is 7. The summed E-state index contributed by atoms with van der Waals surface area (Å²) in [6.07, 6.45) is -0.259. The van der Waals surface area contributed by atoms with Gasteiger partial charge in [0.1, 0.15) is 6.04 Å². The number of carbonyl (C=O) groups excluding carboxylic acids is 1. The molecule has 29 heavy (non-hydrogen) atoms. The van der Waals surface area contributed by atoms with Crippen molar-refractivity contribution in [3.63, 3.8) is 0 Å². The fourth-order valence-electron chi connectivity index (χ4n) is 3.16. The van der Waals surface area contributed by atoms with E-state index in [4.69, 9.17) is 14.2 Å². The zero-order valence-electron chi connectivity index (χ0n) is 17.0. The van der Waals surface area contributed by atoms with E-state index in [0.29, 0.717) is 46.4 Å². The monoisotopic (exact) mass is 465 g/mol. The maximum Gasteiger partial charge on any atom is 0.338 e. The summed E-state index contributed by atoms with van der Waals surface area (Å²) >= 11 is 3.56. The van der Waals surface area contributed by atoms with E-state index in [1.165, 1.54) is 0 Å². The van der Waals surface area contributed by atoms with Gasteiger partial charge in [0.2, 0.25) is 5.95 Å². The van der Waals surface area contributed by atoms with Gasteiger partial charge in [-0.3, -0.25) is 0 Å². The Morgan fingerprint density at radius 2 is 2.00 bits per heavy atom. The number of hydrogen-bond acceptors (Lipinski definition) is 8. The van der Waals surface area contributed by atoms with Gasteiger partial charge in [0, 0.05) is 5.70 Å². The Kier molecular flexibility index (Phi) is 6.41. The van der Waals surface area contributed by atoms with E-state index in [1.54, 1.807) is 11.6 Å². The molecule has 1 aliphatic heterocycles. The Morgan fingerprint density at radius 1 is 1.28 bits per heavy atom. The lowest BCUT2D eigenvalue weighted by atomic mass is 9.95. The van der Waals surface area contributed by atoms with E-state index in [9.17, 15) is 4.79 Å². The largest absolute Gasteiger partial charge is 0.490 e. The molecule has 9 nitrogen and oxygen atoms in total. The molecule has 0 spiro atoms. The fourth-order valence-corrected chi connectivity index (χ4v) is 3.73. The van der Waals surface area contributed by atoms with E-state index in [2.05, 4.69) is 36.8 Å². The van der Waals surface area contributed by atoms with Crippen molar-refractivity contribution in [2.75, 3.05) is 18.5 Å². The molecule has 0 radical (unpaired) electrons. The zero-order valence-corrected chi connectivity index (χ0v) is 18.6. The lowest BCUT2D eigenvalue weighted by Crippen LogP contribution is -2.30. The van der Waals surface area contributed by atoms with Crippen LogP contribution in [0.5, 0.6) is 11.5 Å². The molecule has 1 N–H and O–H groups in total. The summed E-state index contributed by atoms with van der Waals surface area (Å²) in [5.74, 6) is 1.19. The van der Waals surface area contributed by atoms with E-state index in [-0.39, 0.29) is 6.10 Å². The predicted molar refractivity (Wildman–Crippen MR) is 110 cm³/mol. The summed E-state index contributed by atoms with van der Waals surface area (Å²) in [5, 5.41) is 14.9. The Morgan fingerprint density at radius 3 is 2.66 bits per heavy atom. The maximum absolute atomic E-state index is 12.9. The van der Waals surface area contributed by atoms with Crippen LogP contribution in [0.2, 0.25) is 0 Å². The second kappa shape index (κ2) is 8.81. The number of aromatic nitrogens is 4. The number of ether oxygens (including phenoxy) is 3. The molecule has 0 bridgehead atoms. The first kappa shape index (κ1) is 21.1. The zero-order chi connectivity index (χ0) is 21.1. The summed E-state index contributed by atoms with van der Waals surface area (Å²) in [6, 6.07) is 3.14. The van der Waals surface area contributed by atoms with Gasteiger partial charge >= 0.3 is 5.97 Å². The van der Waals surface area contributed by atoms with Crippen LogP contribution in [0, 0.1) is 0 Å². The minimum atomic E-state index is -0.585. The molecule has 0 amide bonds. The van der Waals surface area contributed by atoms with Gasteiger partial charge in [-0.2, -0.15) is 4.68 Å². The third-order valence-corrected chi connectivity index (χ3v) is 4.80. The van der Waals surface area contributed by atoms with Crippen LogP contribution in [0.3, 0.4) is 0 Å². The minimum absolute atomic E-state index is 0.259. The van der Waals surface area contributed by atoms with Gasteiger partial charge in [-0.05, 0) is 78.7 Å². The highest BCUT2D eigenvalue weighted by Crippen LogP contribution is 2.42.